The largest absolute Gasteiger partial charge is 0.573 e. The Bertz CT molecular complexity index is 1360. The predicted molar refractivity (Wildman–Crippen MR) is 148 cm³/mol. The van der Waals surface area contributed by atoms with Gasteiger partial charge in [-0.1, -0.05) is 53.6 Å². The maximum Gasteiger partial charge on any atom is 0.573 e. The minimum atomic E-state index is -4.84. The molecule has 2 amide bonds. The van der Waals surface area contributed by atoms with E-state index in [1.807, 2.05) is 24.3 Å². The molecule has 2 aliphatic rings. The fourth-order valence-electron chi connectivity index (χ4n) is 5.25. The van der Waals surface area contributed by atoms with Crippen LogP contribution in [0.15, 0.2) is 54.7 Å². The Labute approximate surface area is 238 Å². The van der Waals surface area contributed by atoms with E-state index in [4.69, 9.17) is 23.2 Å². The number of halogens is 5. The molecule has 0 aliphatic carbocycles. The van der Waals surface area contributed by atoms with Gasteiger partial charge in [0, 0.05) is 40.2 Å². The molecule has 3 heterocycles. The van der Waals surface area contributed by atoms with Crippen LogP contribution in [0.4, 0.5) is 23.7 Å². The van der Waals surface area contributed by atoms with Crippen molar-refractivity contribution in [3.05, 3.63) is 80.2 Å². The molecule has 39 heavy (non-hydrogen) atoms. The summed E-state index contributed by atoms with van der Waals surface area (Å²) < 4.78 is 44.9. The van der Waals surface area contributed by atoms with Crippen molar-refractivity contribution in [3.8, 4) is 5.75 Å². The summed E-state index contributed by atoms with van der Waals surface area (Å²) in [5.41, 5.74) is 1.16. The molecule has 5 rings (SSSR count). The number of nitrogens with one attached hydrogen (secondary N) is 1. The molecule has 1 N–H and O–H groups in total. The molecule has 0 bridgehead atoms. The van der Waals surface area contributed by atoms with Crippen LogP contribution in [0.3, 0.4) is 0 Å². The van der Waals surface area contributed by atoms with Crippen LogP contribution < -0.4 is 15.0 Å². The average molecular weight is 597 g/mol. The van der Waals surface area contributed by atoms with Crippen LogP contribution in [0, 0.1) is 0 Å². The lowest BCUT2D eigenvalue weighted by Gasteiger charge is -2.36. The highest BCUT2D eigenvalue weighted by atomic mass is 35.5. The molecule has 6 nitrogen and oxygen atoms in total. The van der Waals surface area contributed by atoms with E-state index in [9.17, 15) is 18.0 Å². The standard InChI is InChI=1S/C27H25Cl2F3N4O2S/c28-19-8-6-18(7-9-19)3-2-14-35(16-20-15-34-24(29)39-20)25(37)36-17-26(10-12-33-13-11-26)23-21(36)4-1-5-22(23)38-27(30,31)32/h1-9,15,33H,10-14,16-17H2. The highest BCUT2D eigenvalue weighted by Crippen LogP contribution is 2.51. The molecule has 1 saturated heterocycles. The van der Waals surface area contributed by atoms with Gasteiger partial charge >= 0.3 is 12.4 Å². The summed E-state index contributed by atoms with van der Waals surface area (Å²) in [5.74, 6) is -0.249. The number of ether oxygens (including phenoxy) is 1. The number of nitrogens with zero attached hydrogens (tertiary/aromatic N) is 3. The summed E-state index contributed by atoms with van der Waals surface area (Å²) in [5, 5.41) is 3.90. The van der Waals surface area contributed by atoms with Crippen LogP contribution >= 0.6 is 34.5 Å². The van der Waals surface area contributed by atoms with Crippen molar-refractivity contribution in [2.45, 2.75) is 31.2 Å². The Morgan fingerprint density at radius 3 is 2.59 bits per heavy atom. The molecule has 0 saturated carbocycles. The van der Waals surface area contributed by atoms with Crippen LogP contribution in [0.2, 0.25) is 9.49 Å². The van der Waals surface area contributed by atoms with Gasteiger partial charge in [-0.25, -0.2) is 9.78 Å². The first-order valence-corrected chi connectivity index (χ1v) is 13.9. The Kier molecular flexibility index (Phi) is 8.09. The second-order valence-corrected chi connectivity index (χ2v) is 11.6. The smallest absolute Gasteiger partial charge is 0.405 e. The first kappa shape index (κ1) is 27.8. The molecule has 0 atom stereocenters. The third kappa shape index (κ3) is 6.35. The molecule has 1 aromatic heterocycles. The van der Waals surface area contributed by atoms with Gasteiger partial charge in [-0.15, -0.1) is 24.5 Å². The molecule has 12 heteroatoms. The number of thiazole rings is 1. The second kappa shape index (κ2) is 11.4. The zero-order valence-electron chi connectivity index (χ0n) is 20.7. The molecule has 2 aromatic carbocycles. The zero-order chi connectivity index (χ0) is 27.6. The maximum atomic E-state index is 14.1. The number of anilines is 1. The second-order valence-electron chi connectivity index (χ2n) is 9.51. The summed E-state index contributed by atoms with van der Waals surface area (Å²) in [6, 6.07) is 11.5. The van der Waals surface area contributed by atoms with Gasteiger partial charge in [0.05, 0.1) is 12.2 Å². The number of aromatic nitrogens is 1. The number of carbonyl (C=O) groups excluding carboxylic acids is 1. The number of alkyl halides is 3. The summed E-state index contributed by atoms with van der Waals surface area (Å²) in [7, 11) is 0. The molecular weight excluding hydrogens is 572 g/mol. The minimum absolute atomic E-state index is 0.243. The van der Waals surface area contributed by atoms with Crippen molar-refractivity contribution in [1.82, 2.24) is 15.2 Å². The molecular formula is C27H25Cl2F3N4O2S. The van der Waals surface area contributed by atoms with E-state index in [1.165, 1.54) is 23.5 Å². The van der Waals surface area contributed by atoms with Crippen LogP contribution in [0.1, 0.15) is 28.8 Å². The van der Waals surface area contributed by atoms with Crippen molar-refractivity contribution < 1.29 is 22.7 Å². The number of rotatable bonds is 6. The van der Waals surface area contributed by atoms with Gasteiger partial charge < -0.3 is 15.0 Å². The minimum Gasteiger partial charge on any atom is -0.405 e. The third-order valence-corrected chi connectivity index (χ3v) is 8.30. The van der Waals surface area contributed by atoms with Gasteiger partial charge in [0.25, 0.3) is 0 Å². The third-order valence-electron chi connectivity index (χ3n) is 6.95. The lowest BCUT2D eigenvalue weighted by Crippen LogP contribution is -2.47. The number of fused-ring (bicyclic) bond motifs is 2. The quantitative estimate of drug-likeness (QED) is 0.329. The van der Waals surface area contributed by atoms with Crippen LogP contribution in [-0.2, 0) is 12.0 Å². The summed E-state index contributed by atoms with van der Waals surface area (Å²) in [6.45, 7) is 2.04. The van der Waals surface area contributed by atoms with E-state index in [2.05, 4.69) is 15.0 Å². The van der Waals surface area contributed by atoms with Crippen molar-refractivity contribution in [1.29, 1.82) is 0 Å². The number of carbonyl (C=O) groups is 1. The normalized spacial score (nSPS) is 16.6. The number of piperidine rings is 1. The average Bonchev–Trinajstić information content (AvgIpc) is 3.45. The number of amides is 2. The molecule has 206 valence electrons. The topological polar surface area (TPSA) is 57.7 Å². The SMILES string of the molecule is O=C(N(CC=Cc1ccc(Cl)cc1)Cc1cnc(Cl)s1)N1CC2(CCNCC2)c2c(OC(F)(F)F)cccc21. The highest BCUT2D eigenvalue weighted by molar-refractivity contribution is 7.15. The lowest BCUT2D eigenvalue weighted by molar-refractivity contribution is -0.275. The van der Waals surface area contributed by atoms with Crippen LogP contribution in [0.25, 0.3) is 6.08 Å². The van der Waals surface area contributed by atoms with Crippen molar-refractivity contribution >= 4 is 52.3 Å². The lowest BCUT2D eigenvalue weighted by atomic mass is 9.74. The first-order chi connectivity index (χ1) is 18.6. The van der Waals surface area contributed by atoms with E-state index in [1.54, 1.807) is 34.2 Å². The zero-order valence-corrected chi connectivity index (χ0v) is 23.0. The number of urea groups is 1. The fraction of sp³-hybridized carbons (Fsp3) is 0.333. The Balaban J connectivity index is 1.47. The van der Waals surface area contributed by atoms with E-state index in [0.717, 1.165) is 10.4 Å². The van der Waals surface area contributed by atoms with E-state index >= 15 is 0 Å². The highest BCUT2D eigenvalue weighted by Gasteiger charge is 2.49. The molecule has 3 aromatic rings. The van der Waals surface area contributed by atoms with Gasteiger partial charge in [-0.05, 0) is 55.8 Å². The first-order valence-electron chi connectivity index (χ1n) is 12.3. The summed E-state index contributed by atoms with van der Waals surface area (Å²) in [4.78, 5) is 22.2. The van der Waals surface area contributed by atoms with E-state index in [0.29, 0.717) is 46.7 Å². The number of hydrogen-bond acceptors (Lipinski definition) is 5. The van der Waals surface area contributed by atoms with Crippen molar-refractivity contribution in [2.24, 2.45) is 0 Å². The number of benzene rings is 2. The molecule has 2 aliphatic heterocycles. The van der Waals surface area contributed by atoms with Gasteiger partial charge in [0.1, 0.15) is 5.75 Å². The summed E-state index contributed by atoms with van der Waals surface area (Å²) >= 11 is 13.3. The molecule has 1 spiro atoms. The monoisotopic (exact) mass is 596 g/mol. The number of hydrogen-bond donors (Lipinski definition) is 1. The Hall–Kier alpha value is -2.79. The summed E-state index contributed by atoms with van der Waals surface area (Å²) in [6.07, 6.45) is 1.70. The van der Waals surface area contributed by atoms with Crippen molar-refractivity contribution in [2.75, 3.05) is 31.1 Å². The van der Waals surface area contributed by atoms with Crippen LogP contribution in [-0.4, -0.2) is 48.5 Å². The van der Waals surface area contributed by atoms with Gasteiger partial charge in [0.15, 0.2) is 4.47 Å². The molecule has 0 unspecified atom stereocenters. The van der Waals surface area contributed by atoms with Crippen LogP contribution in [0.5, 0.6) is 5.75 Å². The van der Waals surface area contributed by atoms with E-state index < -0.39 is 11.8 Å². The van der Waals surface area contributed by atoms with Gasteiger partial charge in [-0.2, -0.15) is 0 Å². The Morgan fingerprint density at radius 1 is 1.18 bits per heavy atom. The predicted octanol–water partition coefficient (Wildman–Crippen LogP) is 7.13. The molecule has 1 fully saturated rings. The maximum absolute atomic E-state index is 14.1. The fourth-order valence-corrected chi connectivity index (χ4v) is 6.37. The molecule has 0 radical (unpaired) electrons. The van der Waals surface area contributed by atoms with Gasteiger partial charge in [-0.3, -0.25) is 4.90 Å². The van der Waals surface area contributed by atoms with Gasteiger partial charge in [0.2, 0.25) is 0 Å². The Morgan fingerprint density at radius 2 is 1.92 bits per heavy atom. The van der Waals surface area contributed by atoms with Crippen molar-refractivity contribution in [3.63, 3.8) is 0 Å². The van der Waals surface area contributed by atoms with E-state index in [-0.39, 0.29) is 31.4 Å².